The lowest BCUT2D eigenvalue weighted by Gasteiger charge is -2.28. The first-order valence-electron chi connectivity index (χ1n) is 9.46. The molecular weight excluding hydrogens is 345 g/mol. The van der Waals surface area contributed by atoms with Crippen LogP contribution < -0.4 is 10.6 Å². The summed E-state index contributed by atoms with van der Waals surface area (Å²) in [6.07, 6.45) is 9.26. The van der Waals surface area contributed by atoms with Crippen LogP contribution in [0.4, 0.5) is 0 Å². The summed E-state index contributed by atoms with van der Waals surface area (Å²) in [5, 5.41) is 6.78. The van der Waals surface area contributed by atoms with Crippen LogP contribution in [0.3, 0.4) is 0 Å². The largest absolute Gasteiger partial charge is 0.356 e. The lowest BCUT2D eigenvalue weighted by Crippen LogP contribution is -2.40. The molecule has 2 unspecified atom stereocenters. The van der Waals surface area contributed by atoms with Crippen molar-refractivity contribution >= 4 is 30.7 Å². The Morgan fingerprint density at radius 3 is 2.17 bits per heavy atom. The van der Waals surface area contributed by atoms with Crippen molar-refractivity contribution in [3.63, 3.8) is 0 Å². The molecule has 2 aliphatic heterocycles. The Balaban J connectivity index is 0.00000264. The third kappa shape index (κ3) is 8.37. The quantitative estimate of drug-likeness (QED) is 0.570. The maximum absolute atomic E-state index is 12.1. The van der Waals surface area contributed by atoms with E-state index in [9.17, 15) is 4.79 Å². The number of nitrogens with one attached hydrogen (secondary N) is 2. The van der Waals surface area contributed by atoms with Gasteiger partial charge in [0.25, 0.3) is 0 Å². The van der Waals surface area contributed by atoms with Crippen LogP contribution in [-0.4, -0.2) is 49.1 Å². The Morgan fingerprint density at radius 1 is 1.04 bits per heavy atom. The van der Waals surface area contributed by atoms with Gasteiger partial charge in [0.05, 0.1) is 0 Å². The predicted molar refractivity (Wildman–Crippen MR) is 106 cm³/mol. The van der Waals surface area contributed by atoms with Crippen molar-refractivity contribution < 1.29 is 4.79 Å². The summed E-state index contributed by atoms with van der Waals surface area (Å²) >= 11 is 0. The van der Waals surface area contributed by atoms with E-state index in [1.807, 2.05) is 0 Å². The third-order valence-electron chi connectivity index (χ3n) is 5.10. The normalized spacial score (nSPS) is 25.0. The van der Waals surface area contributed by atoms with E-state index >= 15 is 0 Å². The van der Waals surface area contributed by atoms with E-state index in [1.165, 1.54) is 51.6 Å². The monoisotopic (exact) mass is 381 g/mol. The molecule has 2 atom stereocenters. The SMILES string of the molecule is CCCN(CCC)CCCNC(=O)CC1CC2CCC(C1)N2.Cl.Cl. The van der Waals surface area contributed by atoms with Crippen LogP contribution in [0.5, 0.6) is 0 Å². The molecule has 1 amide bonds. The zero-order valence-electron chi connectivity index (χ0n) is 15.4. The fourth-order valence-corrected chi connectivity index (χ4v) is 4.17. The van der Waals surface area contributed by atoms with E-state index in [1.54, 1.807) is 0 Å². The predicted octanol–water partition coefficient (Wildman–Crippen LogP) is 3.38. The minimum Gasteiger partial charge on any atom is -0.356 e. The fourth-order valence-electron chi connectivity index (χ4n) is 4.17. The summed E-state index contributed by atoms with van der Waals surface area (Å²) < 4.78 is 0. The molecule has 4 nitrogen and oxygen atoms in total. The highest BCUT2D eigenvalue weighted by molar-refractivity contribution is 5.85. The van der Waals surface area contributed by atoms with E-state index in [0.29, 0.717) is 18.0 Å². The summed E-state index contributed by atoms with van der Waals surface area (Å²) in [6, 6.07) is 1.38. The summed E-state index contributed by atoms with van der Waals surface area (Å²) in [7, 11) is 0. The average molecular weight is 382 g/mol. The third-order valence-corrected chi connectivity index (χ3v) is 5.10. The van der Waals surface area contributed by atoms with Gasteiger partial charge in [0.15, 0.2) is 0 Å². The lowest BCUT2D eigenvalue weighted by atomic mass is 9.89. The second-order valence-electron chi connectivity index (χ2n) is 7.22. The van der Waals surface area contributed by atoms with Crippen molar-refractivity contribution in [1.29, 1.82) is 0 Å². The summed E-state index contributed by atoms with van der Waals surface area (Å²) in [6.45, 7) is 8.77. The molecule has 0 aromatic heterocycles. The van der Waals surface area contributed by atoms with E-state index in [4.69, 9.17) is 0 Å². The highest BCUT2D eigenvalue weighted by Gasteiger charge is 2.33. The maximum atomic E-state index is 12.1. The Morgan fingerprint density at radius 2 is 1.62 bits per heavy atom. The first-order valence-corrected chi connectivity index (χ1v) is 9.46. The molecular formula is C18H37Cl2N3O. The molecule has 0 aliphatic carbocycles. The van der Waals surface area contributed by atoms with Crippen LogP contribution in [0.2, 0.25) is 0 Å². The van der Waals surface area contributed by atoms with E-state index in [-0.39, 0.29) is 30.7 Å². The fraction of sp³-hybridized carbons (Fsp3) is 0.944. The van der Waals surface area contributed by atoms with Gasteiger partial charge in [-0.25, -0.2) is 0 Å². The Labute approximate surface area is 160 Å². The van der Waals surface area contributed by atoms with Crippen molar-refractivity contribution in [3.8, 4) is 0 Å². The second kappa shape index (κ2) is 13.2. The minimum absolute atomic E-state index is 0. The van der Waals surface area contributed by atoms with Gasteiger partial charge in [0.1, 0.15) is 0 Å². The Hall–Kier alpha value is -0.0300. The van der Waals surface area contributed by atoms with Crippen molar-refractivity contribution in [2.45, 2.75) is 77.3 Å². The first kappa shape index (κ1) is 24.0. The molecule has 144 valence electrons. The number of amides is 1. The summed E-state index contributed by atoms with van der Waals surface area (Å²) in [5.41, 5.74) is 0. The summed E-state index contributed by atoms with van der Waals surface area (Å²) in [4.78, 5) is 14.6. The molecule has 2 fully saturated rings. The molecule has 24 heavy (non-hydrogen) atoms. The number of piperidine rings is 1. The number of fused-ring (bicyclic) bond motifs is 2. The number of carbonyl (C=O) groups excluding carboxylic acids is 1. The van der Waals surface area contributed by atoms with E-state index in [0.717, 1.165) is 25.9 Å². The molecule has 0 aromatic rings. The molecule has 2 bridgehead atoms. The molecule has 0 radical (unpaired) electrons. The maximum Gasteiger partial charge on any atom is 0.220 e. The highest BCUT2D eigenvalue weighted by atomic mass is 35.5. The van der Waals surface area contributed by atoms with Crippen molar-refractivity contribution in [2.24, 2.45) is 5.92 Å². The molecule has 2 heterocycles. The van der Waals surface area contributed by atoms with Crippen LogP contribution in [0.25, 0.3) is 0 Å². The first-order chi connectivity index (χ1) is 10.7. The van der Waals surface area contributed by atoms with E-state index < -0.39 is 0 Å². The molecule has 2 saturated heterocycles. The molecule has 2 rings (SSSR count). The smallest absolute Gasteiger partial charge is 0.220 e. The van der Waals surface area contributed by atoms with Gasteiger partial charge in [-0.3, -0.25) is 4.79 Å². The number of rotatable bonds is 10. The molecule has 0 aromatic carbocycles. The molecule has 0 spiro atoms. The van der Waals surface area contributed by atoms with Crippen LogP contribution in [0.15, 0.2) is 0 Å². The van der Waals surface area contributed by atoms with Crippen LogP contribution >= 0.6 is 24.8 Å². The Kier molecular flexibility index (Phi) is 13.2. The van der Waals surface area contributed by atoms with Gasteiger partial charge in [-0.15, -0.1) is 24.8 Å². The van der Waals surface area contributed by atoms with Gasteiger partial charge in [-0.1, -0.05) is 13.8 Å². The summed E-state index contributed by atoms with van der Waals surface area (Å²) in [5.74, 6) is 0.874. The minimum atomic E-state index is 0. The number of halogens is 2. The van der Waals surface area contributed by atoms with Gasteiger partial charge in [-0.05, 0) is 70.5 Å². The molecule has 6 heteroatoms. The second-order valence-corrected chi connectivity index (χ2v) is 7.22. The Bertz CT molecular complexity index is 326. The van der Waals surface area contributed by atoms with Crippen LogP contribution in [-0.2, 0) is 4.79 Å². The number of nitrogens with zero attached hydrogens (tertiary/aromatic N) is 1. The van der Waals surface area contributed by atoms with Gasteiger partial charge >= 0.3 is 0 Å². The standard InChI is InChI=1S/C18H35N3O.2ClH/c1-3-9-21(10-4-2)11-5-8-19-18(22)14-15-12-16-6-7-17(13-15)20-16;;/h15-17,20H,3-14H2,1-2H3,(H,19,22);2*1H. The lowest BCUT2D eigenvalue weighted by molar-refractivity contribution is -0.122. The van der Waals surface area contributed by atoms with Gasteiger partial charge < -0.3 is 15.5 Å². The van der Waals surface area contributed by atoms with Crippen LogP contribution in [0, 0.1) is 5.92 Å². The van der Waals surface area contributed by atoms with Gasteiger partial charge in [0.2, 0.25) is 5.91 Å². The zero-order chi connectivity index (χ0) is 15.8. The topological polar surface area (TPSA) is 44.4 Å². The molecule has 2 N–H and O–H groups in total. The zero-order valence-corrected chi connectivity index (χ0v) is 17.0. The van der Waals surface area contributed by atoms with Crippen LogP contribution in [0.1, 0.15) is 65.2 Å². The van der Waals surface area contributed by atoms with Gasteiger partial charge in [0, 0.05) is 25.0 Å². The number of carbonyl (C=O) groups is 1. The van der Waals surface area contributed by atoms with Crippen molar-refractivity contribution in [2.75, 3.05) is 26.2 Å². The molecule has 0 saturated carbocycles. The average Bonchev–Trinajstić information content (AvgIpc) is 2.83. The highest BCUT2D eigenvalue weighted by Crippen LogP contribution is 2.32. The van der Waals surface area contributed by atoms with Gasteiger partial charge in [-0.2, -0.15) is 0 Å². The number of hydrogen-bond acceptors (Lipinski definition) is 3. The van der Waals surface area contributed by atoms with Crippen molar-refractivity contribution in [3.05, 3.63) is 0 Å². The van der Waals surface area contributed by atoms with E-state index in [2.05, 4.69) is 29.4 Å². The number of hydrogen-bond donors (Lipinski definition) is 2. The molecule has 2 aliphatic rings. The van der Waals surface area contributed by atoms with Crippen molar-refractivity contribution in [1.82, 2.24) is 15.5 Å².